The van der Waals surface area contributed by atoms with Crippen molar-refractivity contribution in [3.8, 4) is 11.4 Å². The van der Waals surface area contributed by atoms with Crippen molar-refractivity contribution in [1.82, 2.24) is 30.0 Å². The molecule has 0 saturated heterocycles. The lowest BCUT2D eigenvalue weighted by Crippen LogP contribution is -2.13. The number of hydrogen-bond donors (Lipinski definition) is 0. The molecule has 3 aromatic rings. The van der Waals surface area contributed by atoms with E-state index in [1.165, 1.54) is 5.56 Å². The Labute approximate surface area is 175 Å². The highest BCUT2D eigenvalue weighted by Gasteiger charge is 2.19. The molecule has 0 unspecified atom stereocenters. The van der Waals surface area contributed by atoms with E-state index in [0.29, 0.717) is 0 Å². The average molecular weight is 396 g/mol. The van der Waals surface area contributed by atoms with Crippen LogP contribution in [0, 0.1) is 0 Å². The predicted octanol–water partition coefficient (Wildman–Crippen LogP) is 4.56. The van der Waals surface area contributed by atoms with Gasteiger partial charge in [0, 0.05) is 11.8 Å². The molecule has 2 aliphatic rings. The summed E-state index contributed by atoms with van der Waals surface area (Å²) in [6, 6.07) is 6.41. The van der Waals surface area contributed by atoms with Gasteiger partial charge in [-0.1, -0.05) is 79.8 Å². The minimum atomic E-state index is -0.0224. The van der Waals surface area contributed by atoms with E-state index >= 15 is 0 Å². The molecule has 0 atom stereocenters. The number of aromatic nitrogens is 6. The first kappa shape index (κ1) is 18.5. The molecular weight excluding hydrogens is 372 g/mol. The van der Waals surface area contributed by atoms with Crippen molar-refractivity contribution >= 4 is 0 Å². The fraction of sp³-hybridized carbons (Fsp3) is 0.250. The molecule has 0 spiro atoms. The SMILES string of the molecule is CC(C)(C)c1cc(-n2cc(C3C=CC=C3)nn2)cc(-n2cc(C3C=CC=C3)nn2)c1. The van der Waals surface area contributed by atoms with Gasteiger partial charge in [0.05, 0.1) is 35.2 Å². The highest BCUT2D eigenvalue weighted by molar-refractivity contribution is 5.49. The molecule has 0 fully saturated rings. The molecule has 0 radical (unpaired) electrons. The topological polar surface area (TPSA) is 61.4 Å². The minimum absolute atomic E-state index is 0.0224. The van der Waals surface area contributed by atoms with Crippen LogP contribution in [0.4, 0.5) is 0 Å². The van der Waals surface area contributed by atoms with E-state index in [1.807, 2.05) is 46.1 Å². The van der Waals surface area contributed by atoms with E-state index in [0.717, 1.165) is 22.8 Å². The predicted molar refractivity (Wildman–Crippen MR) is 117 cm³/mol. The van der Waals surface area contributed by atoms with Crippen molar-refractivity contribution in [2.45, 2.75) is 38.0 Å². The molecule has 30 heavy (non-hydrogen) atoms. The van der Waals surface area contributed by atoms with Gasteiger partial charge in [-0.15, -0.1) is 10.2 Å². The van der Waals surface area contributed by atoms with Crippen LogP contribution in [0.1, 0.15) is 49.6 Å². The number of nitrogens with zero attached hydrogens (tertiary/aromatic N) is 6. The van der Waals surface area contributed by atoms with Crippen LogP contribution in [0.15, 0.2) is 79.2 Å². The van der Waals surface area contributed by atoms with Crippen molar-refractivity contribution in [2.75, 3.05) is 0 Å². The lowest BCUT2D eigenvalue weighted by Gasteiger charge is -2.21. The standard InChI is InChI=1S/C24H24N6/c1-24(2,3)19-12-20(29-15-22(25-27-29)17-8-4-5-9-17)14-21(13-19)30-16-23(26-28-30)18-10-6-7-11-18/h4-18H,1-3H3. The zero-order valence-electron chi connectivity index (χ0n) is 17.3. The Morgan fingerprint density at radius 3 is 1.50 bits per heavy atom. The van der Waals surface area contributed by atoms with E-state index < -0.39 is 0 Å². The molecule has 2 aliphatic carbocycles. The van der Waals surface area contributed by atoms with Gasteiger partial charge in [0.15, 0.2) is 0 Å². The van der Waals surface area contributed by atoms with Crippen LogP contribution in [0.5, 0.6) is 0 Å². The monoisotopic (exact) mass is 396 g/mol. The van der Waals surface area contributed by atoms with Crippen LogP contribution < -0.4 is 0 Å². The number of allylic oxidation sites excluding steroid dienone is 8. The summed E-state index contributed by atoms with van der Waals surface area (Å²) in [5.41, 5.74) is 4.96. The first-order valence-electron chi connectivity index (χ1n) is 10.2. The van der Waals surface area contributed by atoms with Crippen LogP contribution in [-0.4, -0.2) is 30.0 Å². The Hall–Kier alpha value is -3.54. The highest BCUT2D eigenvalue weighted by Crippen LogP contribution is 2.29. The van der Waals surface area contributed by atoms with Crippen molar-refractivity contribution in [3.63, 3.8) is 0 Å². The van der Waals surface area contributed by atoms with E-state index in [2.05, 4.69) is 83.9 Å². The number of hydrogen-bond acceptors (Lipinski definition) is 4. The zero-order valence-corrected chi connectivity index (χ0v) is 17.3. The summed E-state index contributed by atoms with van der Waals surface area (Å²) in [5, 5.41) is 17.6. The Bertz CT molecular complexity index is 1090. The second kappa shape index (κ2) is 7.06. The fourth-order valence-corrected chi connectivity index (χ4v) is 3.66. The summed E-state index contributed by atoms with van der Waals surface area (Å²) >= 11 is 0. The molecule has 0 bridgehead atoms. The summed E-state index contributed by atoms with van der Waals surface area (Å²) in [4.78, 5) is 0. The summed E-state index contributed by atoms with van der Waals surface area (Å²) in [7, 11) is 0. The lowest BCUT2D eigenvalue weighted by molar-refractivity contribution is 0.588. The molecule has 0 N–H and O–H groups in total. The zero-order chi connectivity index (χ0) is 20.7. The summed E-state index contributed by atoms with van der Waals surface area (Å²) in [6.45, 7) is 6.62. The Morgan fingerprint density at radius 2 is 1.10 bits per heavy atom. The summed E-state index contributed by atoms with van der Waals surface area (Å²) in [6.07, 6.45) is 20.6. The molecule has 2 aromatic heterocycles. The van der Waals surface area contributed by atoms with Gasteiger partial charge in [0.25, 0.3) is 0 Å². The summed E-state index contributed by atoms with van der Waals surface area (Å²) in [5.74, 6) is 0.379. The largest absolute Gasteiger partial charge is 0.220 e. The van der Waals surface area contributed by atoms with Gasteiger partial charge in [0.2, 0.25) is 0 Å². The van der Waals surface area contributed by atoms with E-state index in [1.54, 1.807) is 0 Å². The average Bonchev–Trinajstić information content (AvgIpc) is 3.53. The van der Waals surface area contributed by atoms with Gasteiger partial charge in [-0.2, -0.15) is 0 Å². The van der Waals surface area contributed by atoms with Crippen LogP contribution in [0.25, 0.3) is 11.4 Å². The van der Waals surface area contributed by atoms with Crippen molar-refractivity contribution in [1.29, 1.82) is 0 Å². The van der Waals surface area contributed by atoms with Crippen LogP contribution >= 0.6 is 0 Å². The highest BCUT2D eigenvalue weighted by atomic mass is 15.4. The fourth-order valence-electron chi connectivity index (χ4n) is 3.66. The van der Waals surface area contributed by atoms with Gasteiger partial charge >= 0.3 is 0 Å². The molecular formula is C24H24N6. The Balaban J connectivity index is 1.55. The van der Waals surface area contributed by atoms with E-state index in [9.17, 15) is 0 Å². The third kappa shape index (κ3) is 3.45. The Morgan fingerprint density at radius 1 is 0.667 bits per heavy atom. The van der Waals surface area contributed by atoms with Crippen LogP contribution in [-0.2, 0) is 5.41 Å². The third-order valence-electron chi connectivity index (χ3n) is 5.50. The molecule has 6 nitrogen and oxygen atoms in total. The van der Waals surface area contributed by atoms with Gasteiger partial charge in [-0.3, -0.25) is 0 Å². The maximum atomic E-state index is 4.39. The van der Waals surface area contributed by atoms with E-state index in [-0.39, 0.29) is 17.3 Å². The normalized spacial score (nSPS) is 16.4. The molecule has 150 valence electrons. The van der Waals surface area contributed by atoms with Gasteiger partial charge in [-0.25, -0.2) is 9.36 Å². The second-order valence-corrected chi connectivity index (χ2v) is 8.76. The number of benzene rings is 1. The maximum Gasteiger partial charge on any atom is 0.0938 e. The van der Waals surface area contributed by atoms with E-state index in [4.69, 9.17) is 0 Å². The van der Waals surface area contributed by atoms with Gasteiger partial charge in [-0.05, 0) is 29.2 Å². The van der Waals surface area contributed by atoms with Crippen molar-refractivity contribution in [3.05, 3.63) is 96.2 Å². The van der Waals surface area contributed by atoms with Gasteiger partial charge in [0.1, 0.15) is 0 Å². The third-order valence-corrected chi connectivity index (χ3v) is 5.50. The molecule has 0 amide bonds. The quantitative estimate of drug-likeness (QED) is 0.648. The van der Waals surface area contributed by atoms with Crippen LogP contribution in [0.2, 0.25) is 0 Å². The first-order chi connectivity index (χ1) is 14.5. The molecule has 2 heterocycles. The lowest BCUT2D eigenvalue weighted by atomic mass is 9.86. The van der Waals surface area contributed by atoms with Crippen molar-refractivity contribution < 1.29 is 0 Å². The molecule has 6 heteroatoms. The second-order valence-electron chi connectivity index (χ2n) is 8.76. The molecule has 1 aromatic carbocycles. The molecule has 5 rings (SSSR count). The first-order valence-corrected chi connectivity index (χ1v) is 10.2. The van der Waals surface area contributed by atoms with Crippen LogP contribution in [0.3, 0.4) is 0 Å². The smallest absolute Gasteiger partial charge is 0.0938 e. The minimum Gasteiger partial charge on any atom is -0.220 e. The van der Waals surface area contributed by atoms with Crippen molar-refractivity contribution in [2.24, 2.45) is 0 Å². The van der Waals surface area contributed by atoms with Gasteiger partial charge < -0.3 is 0 Å². The maximum absolute atomic E-state index is 4.39. The Kier molecular flexibility index (Phi) is 4.35. The summed E-state index contributed by atoms with van der Waals surface area (Å²) < 4.78 is 3.68. The number of rotatable bonds is 4. The molecule has 0 aliphatic heterocycles. The molecule has 0 saturated carbocycles.